The molecule has 1 aliphatic rings. The van der Waals surface area contributed by atoms with Crippen LogP contribution in [0.3, 0.4) is 0 Å². The number of pyridine rings is 1. The van der Waals surface area contributed by atoms with Crippen molar-refractivity contribution in [2.75, 3.05) is 23.9 Å². The van der Waals surface area contributed by atoms with Crippen LogP contribution in [0.2, 0.25) is 0 Å². The average molecular weight is 359 g/mol. The van der Waals surface area contributed by atoms with Gasteiger partial charge in [0.15, 0.2) is 0 Å². The first-order valence-corrected chi connectivity index (χ1v) is 8.98. The molecule has 0 fully saturated rings. The van der Waals surface area contributed by atoms with Crippen LogP contribution >= 0.6 is 0 Å². The van der Waals surface area contributed by atoms with E-state index in [0.717, 1.165) is 29.1 Å². The zero-order valence-electron chi connectivity index (χ0n) is 15.2. The molecule has 3 aromatic rings. The van der Waals surface area contributed by atoms with Crippen molar-refractivity contribution in [3.63, 3.8) is 0 Å². The van der Waals surface area contributed by atoms with E-state index < -0.39 is 0 Å². The summed E-state index contributed by atoms with van der Waals surface area (Å²) in [7, 11) is 1.66. The van der Waals surface area contributed by atoms with Crippen molar-refractivity contribution in [1.29, 1.82) is 0 Å². The average Bonchev–Trinajstić information content (AvgIpc) is 3.16. The minimum atomic E-state index is -0.0590. The smallest absolute Gasteiger partial charge is 0.276 e. The van der Waals surface area contributed by atoms with Crippen LogP contribution < -0.4 is 15.0 Å². The molecule has 0 saturated carbocycles. The number of amides is 1. The molecule has 5 heteroatoms. The Kier molecular flexibility index (Phi) is 4.75. The first kappa shape index (κ1) is 17.1. The highest BCUT2D eigenvalue weighted by molar-refractivity contribution is 6.06. The number of aromatic nitrogens is 1. The van der Waals surface area contributed by atoms with Crippen molar-refractivity contribution in [3.8, 4) is 5.75 Å². The molecule has 2 aromatic carbocycles. The van der Waals surface area contributed by atoms with Gasteiger partial charge >= 0.3 is 0 Å². The van der Waals surface area contributed by atoms with Gasteiger partial charge in [-0.05, 0) is 36.2 Å². The highest BCUT2D eigenvalue weighted by Crippen LogP contribution is 2.28. The summed E-state index contributed by atoms with van der Waals surface area (Å²) in [5, 5.41) is 3.32. The van der Waals surface area contributed by atoms with Gasteiger partial charge < -0.3 is 15.0 Å². The molecule has 27 heavy (non-hydrogen) atoms. The zero-order chi connectivity index (χ0) is 18.6. The molecule has 1 N–H and O–H groups in total. The second-order valence-corrected chi connectivity index (χ2v) is 6.43. The van der Waals surface area contributed by atoms with E-state index >= 15 is 0 Å². The fraction of sp³-hybridized carbons (Fsp3) is 0.182. The van der Waals surface area contributed by atoms with Gasteiger partial charge in [0.1, 0.15) is 11.4 Å². The lowest BCUT2D eigenvalue weighted by molar-refractivity contribution is 0.0984. The van der Waals surface area contributed by atoms with Gasteiger partial charge in [-0.25, -0.2) is 4.98 Å². The van der Waals surface area contributed by atoms with E-state index in [4.69, 9.17) is 4.74 Å². The highest BCUT2D eigenvalue weighted by Gasteiger charge is 2.25. The summed E-state index contributed by atoms with van der Waals surface area (Å²) in [6, 6.07) is 19.6. The summed E-state index contributed by atoms with van der Waals surface area (Å²) >= 11 is 0. The molecule has 136 valence electrons. The number of rotatable bonds is 5. The van der Waals surface area contributed by atoms with E-state index in [9.17, 15) is 4.79 Å². The number of hydrogen-bond donors (Lipinski definition) is 1. The molecule has 1 aliphatic heterocycles. The standard InChI is InChI=1S/C22H21N3O2/c1-27-21-9-5-3-7-17(21)14-23-18-10-11-19(24-15-18)22(26)25-13-12-16-6-2-4-8-20(16)25/h2-11,15,23H,12-14H2,1H3. The number of nitrogens with zero attached hydrogens (tertiary/aromatic N) is 2. The van der Waals surface area contributed by atoms with Gasteiger partial charge in [-0.2, -0.15) is 0 Å². The SMILES string of the molecule is COc1ccccc1CNc1ccc(C(=O)N2CCc3ccccc32)nc1. The Morgan fingerprint density at radius 1 is 1.11 bits per heavy atom. The van der Waals surface area contributed by atoms with Gasteiger partial charge in [0.05, 0.1) is 19.0 Å². The summed E-state index contributed by atoms with van der Waals surface area (Å²) in [5.74, 6) is 0.786. The van der Waals surface area contributed by atoms with Crippen LogP contribution in [0.25, 0.3) is 0 Å². The third kappa shape index (κ3) is 3.49. The van der Waals surface area contributed by atoms with Gasteiger partial charge in [-0.1, -0.05) is 36.4 Å². The molecule has 0 spiro atoms. The van der Waals surface area contributed by atoms with Gasteiger partial charge in [0, 0.05) is 24.3 Å². The lowest BCUT2D eigenvalue weighted by atomic mass is 10.2. The topological polar surface area (TPSA) is 54.5 Å². The molecule has 5 nitrogen and oxygen atoms in total. The van der Waals surface area contributed by atoms with E-state index in [-0.39, 0.29) is 5.91 Å². The molecule has 0 aliphatic carbocycles. The van der Waals surface area contributed by atoms with Crippen LogP contribution in [-0.2, 0) is 13.0 Å². The third-order valence-corrected chi connectivity index (χ3v) is 4.79. The monoisotopic (exact) mass is 359 g/mol. The zero-order valence-corrected chi connectivity index (χ0v) is 15.2. The summed E-state index contributed by atoms with van der Waals surface area (Å²) in [4.78, 5) is 19.0. The Morgan fingerprint density at radius 2 is 1.93 bits per heavy atom. The number of benzene rings is 2. The number of hydrogen-bond acceptors (Lipinski definition) is 4. The number of carbonyl (C=O) groups excluding carboxylic acids is 1. The van der Waals surface area contributed by atoms with Crippen molar-refractivity contribution < 1.29 is 9.53 Å². The second-order valence-electron chi connectivity index (χ2n) is 6.43. The number of carbonyl (C=O) groups is 1. The Bertz CT molecular complexity index is 954. The number of nitrogens with one attached hydrogen (secondary N) is 1. The molecule has 1 aromatic heterocycles. The summed E-state index contributed by atoms with van der Waals surface area (Å²) in [5.41, 5.74) is 4.58. The normalized spacial score (nSPS) is 12.6. The molecule has 0 saturated heterocycles. The number of anilines is 2. The lowest BCUT2D eigenvalue weighted by Crippen LogP contribution is -2.29. The summed E-state index contributed by atoms with van der Waals surface area (Å²) in [6.45, 7) is 1.33. The van der Waals surface area contributed by atoms with Crippen molar-refractivity contribution in [2.24, 2.45) is 0 Å². The Labute approximate surface area is 158 Å². The van der Waals surface area contributed by atoms with E-state index in [1.54, 1.807) is 24.3 Å². The number of methoxy groups -OCH3 is 1. The van der Waals surface area contributed by atoms with Crippen LogP contribution in [0, 0.1) is 0 Å². The van der Waals surface area contributed by atoms with Crippen molar-refractivity contribution in [1.82, 2.24) is 4.98 Å². The van der Waals surface area contributed by atoms with Crippen LogP contribution in [-0.4, -0.2) is 24.5 Å². The Balaban J connectivity index is 1.44. The molecule has 0 radical (unpaired) electrons. The molecular formula is C22H21N3O2. The number of fused-ring (bicyclic) bond motifs is 1. The first-order chi connectivity index (χ1) is 13.3. The summed E-state index contributed by atoms with van der Waals surface area (Å²) in [6.07, 6.45) is 2.59. The second kappa shape index (κ2) is 7.50. The maximum Gasteiger partial charge on any atom is 0.276 e. The molecule has 0 bridgehead atoms. The molecule has 0 atom stereocenters. The lowest BCUT2D eigenvalue weighted by Gasteiger charge is -2.17. The van der Waals surface area contributed by atoms with Crippen LogP contribution in [0.15, 0.2) is 66.9 Å². The fourth-order valence-electron chi connectivity index (χ4n) is 3.36. The van der Waals surface area contributed by atoms with Crippen molar-refractivity contribution >= 4 is 17.3 Å². The van der Waals surface area contributed by atoms with Gasteiger partial charge in [0.25, 0.3) is 5.91 Å². The molecule has 2 heterocycles. The maximum absolute atomic E-state index is 12.8. The fourth-order valence-corrected chi connectivity index (χ4v) is 3.36. The molecule has 0 unspecified atom stereocenters. The maximum atomic E-state index is 12.8. The van der Waals surface area contributed by atoms with Gasteiger partial charge in [0.2, 0.25) is 0 Å². The minimum absolute atomic E-state index is 0.0590. The van der Waals surface area contributed by atoms with E-state index in [2.05, 4.69) is 16.4 Å². The van der Waals surface area contributed by atoms with E-state index in [1.165, 1.54) is 5.56 Å². The number of ether oxygens (including phenoxy) is 1. The van der Waals surface area contributed by atoms with Gasteiger partial charge in [-0.3, -0.25) is 4.79 Å². The summed E-state index contributed by atoms with van der Waals surface area (Å²) < 4.78 is 5.36. The van der Waals surface area contributed by atoms with E-state index in [0.29, 0.717) is 18.8 Å². The van der Waals surface area contributed by atoms with Crippen molar-refractivity contribution in [2.45, 2.75) is 13.0 Å². The minimum Gasteiger partial charge on any atom is -0.496 e. The Morgan fingerprint density at radius 3 is 2.74 bits per heavy atom. The predicted molar refractivity (Wildman–Crippen MR) is 106 cm³/mol. The van der Waals surface area contributed by atoms with Crippen LogP contribution in [0.1, 0.15) is 21.6 Å². The van der Waals surface area contributed by atoms with Crippen LogP contribution in [0.4, 0.5) is 11.4 Å². The third-order valence-electron chi connectivity index (χ3n) is 4.79. The molecule has 1 amide bonds. The largest absolute Gasteiger partial charge is 0.496 e. The van der Waals surface area contributed by atoms with Crippen molar-refractivity contribution in [3.05, 3.63) is 83.7 Å². The Hall–Kier alpha value is -3.34. The molecular weight excluding hydrogens is 338 g/mol. The number of para-hydroxylation sites is 2. The van der Waals surface area contributed by atoms with E-state index in [1.807, 2.05) is 48.5 Å². The first-order valence-electron chi connectivity index (χ1n) is 8.98. The highest BCUT2D eigenvalue weighted by atomic mass is 16.5. The van der Waals surface area contributed by atoms with Gasteiger partial charge in [-0.15, -0.1) is 0 Å². The predicted octanol–water partition coefficient (Wildman–Crippen LogP) is 3.91. The van der Waals surface area contributed by atoms with Crippen LogP contribution in [0.5, 0.6) is 5.75 Å². The quantitative estimate of drug-likeness (QED) is 0.751. The molecule has 4 rings (SSSR count).